The molecule has 3 rings (SSSR count). The van der Waals surface area contributed by atoms with Gasteiger partial charge in [0.25, 0.3) is 5.91 Å². The maximum absolute atomic E-state index is 12.7. The lowest BCUT2D eigenvalue weighted by atomic mass is 10.0. The number of nitrogens with zero attached hydrogens (tertiary/aromatic N) is 4. The molecule has 0 spiro atoms. The third-order valence-electron chi connectivity index (χ3n) is 4.82. The van der Waals surface area contributed by atoms with Gasteiger partial charge in [0.15, 0.2) is 6.61 Å². The van der Waals surface area contributed by atoms with Crippen LogP contribution in [0, 0.1) is 25.2 Å². The summed E-state index contributed by atoms with van der Waals surface area (Å²) in [5.41, 5.74) is 3.82. The second-order valence-corrected chi connectivity index (χ2v) is 6.38. The van der Waals surface area contributed by atoms with Crippen molar-refractivity contribution < 1.29 is 9.53 Å². The van der Waals surface area contributed by atoms with Crippen LogP contribution in [0.15, 0.2) is 24.3 Å². The van der Waals surface area contributed by atoms with Crippen molar-refractivity contribution in [2.45, 2.75) is 32.7 Å². The average molecular weight is 338 g/mol. The average Bonchev–Trinajstić information content (AvgIpc) is 3.18. The molecule has 1 fully saturated rings. The zero-order chi connectivity index (χ0) is 18.0. The Morgan fingerprint density at radius 3 is 2.68 bits per heavy atom. The molecule has 1 aromatic heterocycles. The predicted molar refractivity (Wildman–Crippen MR) is 93.0 cm³/mol. The molecular formula is C19H22N4O2. The van der Waals surface area contributed by atoms with Crippen LogP contribution in [0.5, 0.6) is 5.75 Å². The molecule has 0 aliphatic carbocycles. The number of amides is 1. The van der Waals surface area contributed by atoms with Gasteiger partial charge in [-0.05, 0) is 51.0 Å². The summed E-state index contributed by atoms with van der Waals surface area (Å²) in [5.74, 6) is 0.575. The van der Waals surface area contributed by atoms with Crippen molar-refractivity contribution in [3.05, 3.63) is 46.8 Å². The Bertz CT molecular complexity index is 817. The first-order chi connectivity index (χ1) is 12.0. The fraction of sp³-hybridized carbons (Fsp3) is 0.421. The summed E-state index contributed by atoms with van der Waals surface area (Å²) in [7, 11) is 1.93. The number of carbonyl (C=O) groups excluding carboxylic acids is 1. The molecule has 1 amide bonds. The molecule has 130 valence electrons. The SMILES string of the molecule is Cc1nn(C)c(C)c1[C@H]1CCCN1C(=O)COc1ccc(C#N)cc1. The Morgan fingerprint density at radius 2 is 2.08 bits per heavy atom. The van der Waals surface area contributed by atoms with Crippen LogP contribution >= 0.6 is 0 Å². The summed E-state index contributed by atoms with van der Waals surface area (Å²) in [5, 5.41) is 13.3. The minimum Gasteiger partial charge on any atom is -0.484 e. The highest BCUT2D eigenvalue weighted by atomic mass is 16.5. The summed E-state index contributed by atoms with van der Waals surface area (Å²) >= 11 is 0. The molecule has 0 N–H and O–H groups in total. The van der Waals surface area contributed by atoms with Crippen molar-refractivity contribution in [1.29, 1.82) is 5.26 Å². The molecule has 25 heavy (non-hydrogen) atoms. The molecule has 0 saturated carbocycles. The summed E-state index contributed by atoms with van der Waals surface area (Å²) in [6.45, 7) is 4.79. The van der Waals surface area contributed by atoms with E-state index in [4.69, 9.17) is 10.00 Å². The Morgan fingerprint density at radius 1 is 1.36 bits per heavy atom. The summed E-state index contributed by atoms with van der Waals surface area (Å²) in [6, 6.07) is 8.92. The highest BCUT2D eigenvalue weighted by molar-refractivity contribution is 5.78. The Balaban J connectivity index is 1.69. The zero-order valence-electron chi connectivity index (χ0n) is 14.8. The largest absolute Gasteiger partial charge is 0.484 e. The molecule has 1 atom stereocenters. The van der Waals surface area contributed by atoms with Crippen molar-refractivity contribution in [2.24, 2.45) is 7.05 Å². The minimum absolute atomic E-state index is 0.000752. The van der Waals surface area contributed by atoms with E-state index < -0.39 is 0 Å². The van der Waals surface area contributed by atoms with Crippen molar-refractivity contribution in [2.75, 3.05) is 13.2 Å². The van der Waals surface area contributed by atoms with Gasteiger partial charge in [-0.2, -0.15) is 10.4 Å². The molecule has 1 aromatic carbocycles. The van der Waals surface area contributed by atoms with Crippen LogP contribution in [0.25, 0.3) is 0 Å². The number of likely N-dealkylation sites (tertiary alicyclic amines) is 1. The fourth-order valence-electron chi connectivity index (χ4n) is 3.49. The number of aromatic nitrogens is 2. The first-order valence-corrected chi connectivity index (χ1v) is 8.43. The van der Waals surface area contributed by atoms with E-state index in [1.54, 1.807) is 24.3 Å². The third kappa shape index (κ3) is 3.36. The van der Waals surface area contributed by atoms with Gasteiger partial charge >= 0.3 is 0 Å². The van der Waals surface area contributed by atoms with Gasteiger partial charge in [0.2, 0.25) is 0 Å². The molecule has 0 bridgehead atoms. The van der Waals surface area contributed by atoms with Crippen LogP contribution in [-0.2, 0) is 11.8 Å². The van der Waals surface area contributed by atoms with E-state index in [1.165, 1.54) is 0 Å². The predicted octanol–water partition coefficient (Wildman–Crippen LogP) is 2.65. The second kappa shape index (κ2) is 6.98. The topological polar surface area (TPSA) is 71.2 Å². The standard InChI is InChI=1S/C19H22N4O2/c1-13-19(14(2)22(3)21-13)17-5-4-10-23(17)18(24)12-25-16-8-6-15(11-20)7-9-16/h6-9,17H,4-5,10,12H2,1-3H3/t17-/m1/s1. The lowest BCUT2D eigenvalue weighted by Gasteiger charge is -2.25. The monoisotopic (exact) mass is 338 g/mol. The summed E-state index contributed by atoms with van der Waals surface area (Å²) < 4.78 is 7.48. The van der Waals surface area contributed by atoms with Crippen molar-refractivity contribution in [3.8, 4) is 11.8 Å². The van der Waals surface area contributed by atoms with Crippen LogP contribution in [-0.4, -0.2) is 33.7 Å². The van der Waals surface area contributed by atoms with Gasteiger partial charge in [-0.25, -0.2) is 0 Å². The third-order valence-corrected chi connectivity index (χ3v) is 4.82. The van der Waals surface area contributed by atoms with Gasteiger partial charge < -0.3 is 9.64 Å². The molecule has 6 nitrogen and oxygen atoms in total. The van der Waals surface area contributed by atoms with E-state index in [9.17, 15) is 4.79 Å². The van der Waals surface area contributed by atoms with Gasteiger partial charge in [-0.3, -0.25) is 9.48 Å². The van der Waals surface area contributed by atoms with E-state index in [0.29, 0.717) is 11.3 Å². The van der Waals surface area contributed by atoms with Crippen LogP contribution in [0.4, 0.5) is 0 Å². The van der Waals surface area contributed by atoms with Crippen LogP contribution < -0.4 is 4.74 Å². The number of hydrogen-bond donors (Lipinski definition) is 0. The summed E-state index contributed by atoms with van der Waals surface area (Å²) in [6.07, 6.45) is 1.94. The molecule has 0 radical (unpaired) electrons. The maximum atomic E-state index is 12.7. The van der Waals surface area contributed by atoms with E-state index in [2.05, 4.69) is 11.2 Å². The maximum Gasteiger partial charge on any atom is 0.261 e. The molecule has 1 aliphatic rings. The van der Waals surface area contributed by atoms with Crippen molar-refractivity contribution in [3.63, 3.8) is 0 Å². The zero-order valence-corrected chi connectivity index (χ0v) is 14.8. The van der Waals surface area contributed by atoms with Gasteiger partial charge in [0.05, 0.1) is 23.4 Å². The number of nitriles is 1. The first kappa shape index (κ1) is 17.0. The Labute approximate surface area is 147 Å². The number of carbonyl (C=O) groups is 1. The molecule has 6 heteroatoms. The lowest BCUT2D eigenvalue weighted by molar-refractivity contribution is -0.134. The molecule has 1 aliphatic heterocycles. The molecule has 2 aromatic rings. The Kier molecular flexibility index (Phi) is 4.75. The summed E-state index contributed by atoms with van der Waals surface area (Å²) in [4.78, 5) is 14.6. The van der Waals surface area contributed by atoms with Gasteiger partial charge in [-0.15, -0.1) is 0 Å². The highest BCUT2D eigenvalue weighted by Gasteiger charge is 2.33. The fourth-order valence-corrected chi connectivity index (χ4v) is 3.49. The lowest BCUT2D eigenvalue weighted by Crippen LogP contribution is -2.34. The minimum atomic E-state index is -0.0190. The van der Waals surface area contributed by atoms with E-state index in [-0.39, 0.29) is 18.6 Å². The van der Waals surface area contributed by atoms with E-state index in [1.807, 2.05) is 30.5 Å². The van der Waals surface area contributed by atoms with Crippen LogP contribution in [0.2, 0.25) is 0 Å². The van der Waals surface area contributed by atoms with Crippen LogP contribution in [0.3, 0.4) is 0 Å². The molecule has 2 heterocycles. The number of aryl methyl sites for hydroxylation is 2. The molecule has 0 unspecified atom stereocenters. The van der Waals surface area contributed by atoms with E-state index >= 15 is 0 Å². The number of rotatable bonds is 4. The van der Waals surface area contributed by atoms with Crippen molar-refractivity contribution in [1.82, 2.24) is 14.7 Å². The normalized spacial score (nSPS) is 16.7. The molecule has 1 saturated heterocycles. The van der Waals surface area contributed by atoms with Crippen molar-refractivity contribution >= 4 is 5.91 Å². The number of hydrogen-bond acceptors (Lipinski definition) is 4. The van der Waals surface area contributed by atoms with Gasteiger partial charge in [0, 0.05) is 24.8 Å². The number of ether oxygens (including phenoxy) is 1. The highest BCUT2D eigenvalue weighted by Crippen LogP contribution is 2.35. The van der Waals surface area contributed by atoms with Gasteiger partial charge in [-0.1, -0.05) is 0 Å². The first-order valence-electron chi connectivity index (χ1n) is 8.43. The molecular weight excluding hydrogens is 316 g/mol. The quantitative estimate of drug-likeness (QED) is 0.859. The van der Waals surface area contributed by atoms with Gasteiger partial charge in [0.1, 0.15) is 5.75 Å². The smallest absolute Gasteiger partial charge is 0.261 e. The van der Waals surface area contributed by atoms with E-state index in [0.717, 1.165) is 36.3 Å². The number of benzene rings is 1. The Hall–Kier alpha value is -2.81. The van der Waals surface area contributed by atoms with Crippen LogP contribution in [0.1, 0.15) is 41.4 Å². The second-order valence-electron chi connectivity index (χ2n) is 6.38.